The lowest BCUT2D eigenvalue weighted by Crippen LogP contribution is -2.67. The summed E-state index contributed by atoms with van der Waals surface area (Å²) in [5, 5.41) is 14.6. The number of hydrogen-bond donors (Lipinski definition) is 3. The summed E-state index contributed by atoms with van der Waals surface area (Å²) in [5.41, 5.74) is 5.43. The Morgan fingerprint density at radius 2 is 1.72 bits per heavy atom. The topological polar surface area (TPSA) is 104 Å². The van der Waals surface area contributed by atoms with Gasteiger partial charge in [0.2, 0.25) is 5.91 Å². The smallest absolute Gasteiger partial charge is 0.337 e. The number of carbonyl (C=O) groups is 2. The van der Waals surface area contributed by atoms with E-state index in [0.717, 1.165) is 66.5 Å². The summed E-state index contributed by atoms with van der Waals surface area (Å²) >= 11 is 0. The SMILES string of the molecule is C=C(C)[C@@H]1CC[C@]2(C(=O)NCc3cccc(-c4nc5ccc(C(=O)OC)cc5[nH]4)c3)CC[C@]3(C)C(CCC4[C@@]5(C)CC[C@H](O)C(C)(C)C5CC[C@]43C)C12. The molecule has 5 aliphatic rings. The second-order valence-corrected chi connectivity index (χ2v) is 19.4. The minimum atomic E-state index is -0.379. The quantitative estimate of drug-likeness (QED) is 0.174. The highest BCUT2D eigenvalue weighted by atomic mass is 16.5. The van der Waals surface area contributed by atoms with Gasteiger partial charge in [0.25, 0.3) is 0 Å². The van der Waals surface area contributed by atoms with Gasteiger partial charge in [-0.1, -0.05) is 65.0 Å². The number of nitrogens with zero attached hydrogens (tertiary/aromatic N) is 1. The molecule has 1 heterocycles. The van der Waals surface area contributed by atoms with Crippen LogP contribution in [0.5, 0.6) is 0 Å². The Hall–Kier alpha value is -3.45. The standard InChI is InChI=1S/C46H61N3O4/c1-27(2)31-16-21-46(41(52)47-26-28-10-9-11-29(24-28)39-48-33-14-12-30(40(51)53-8)25-34(33)49-39)23-22-44(6)32(38(31)46)13-15-36-43(5)19-18-37(50)42(3,4)35(43)17-20-45(36,44)7/h9-12,14,24-25,31-32,35-38,50H,1,13,15-23,26H2,2-8H3,(H,47,52)(H,48,49)/t31-,32?,35?,36?,37-,38?,43-,44+,45+,46-/m0/s1. The van der Waals surface area contributed by atoms with Crippen molar-refractivity contribution in [2.24, 2.45) is 56.7 Å². The van der Waals surface area contributed by atoms with Crippen molar-refractivity contribution in [3.8, 4) is 11.4 Å². The van der Waals surface area contributed by atoms with Gasteiger partial charge in [0, 0.05) is 12.1 Å². The van der Waals surface area contributed by atoms with Crippen LogP contribution in [0, 0.1) is 56.7 Å². The Balaban J connectivity index is 1.04. The third-order valence-electron chi connectivity index (χ3n) is 17.1. The number of ether oxygens (including phenoxy) is 1. The molecule has 3 aromatic rings. The van der Waals surface area contributed by atoms with E-state index in [1.165, 1.54) is 38.4 Å². The molecule has 53 heavy (non-hydrogen) atoms. The molecule has 5 saturated carbocycles. The van der Waals surface area contributed by atoms with Crippen LogP contribution < -0.4 is 5.32 Å². The summed E-state index contributed by atoms with van der Waals surface area (Å²) < 4.78 is 4.89. The monoisotopic (exact) mass is 719 g/mol. The normalized spacial score (nSPS) is 38.6. The molecule has 0 aliphatic heterocycles. The van der Waals surface area contributed by atoms with Gasteiger partial charge in [-0.3, -0.25) is 4.79 Å². The van der Waals surface area contributed by atoms with Crippen molar-refractivity contribution in [2.45, 2.75) is 118 Å². The van der Waals surface area contributed by atoms with Crippen LogP contribution in [-0.2, 0) is 16.1 Å². The van der Waals surface area contributed by atoms with E-state index < -0.39 is 0 Å². The van der Waals surface area contributed by atoms with Crippen LogP contribution in [0.15, 0.2) is 54.6 Å². The fraction of sp³-hybridized carbons (Fsp3) is 0.630. The van der Waals surface area contributed by atoms with Gasteiger partial charge in [-0.25, -0.2) is 9.78 Å². The average molecular weight is 720 g/mol. The maximum absolute atomic E-state index is 14.8. The second-order valence-electron chi connectivity index (χ2n) is 19.4. The molecule has 0 radical (unpaired) electrons. The predicted molar refractivity (Wildman–Crippen MR) is 210 cm³/mol. The van der Waals surface area contributed by atoms with Crippen LogP contribution >= 0.6 is 0 Å². The minimum absolute atomic E-state index is 0.0518. The number of carbonyl (C=O) groups excluding carboxylic acids is 2. The third kappa shape index (κ3) is 5.25. The predicted octanol–water partition coefficient (Wildman–Crippen LogP) is 9.65. The summed E-state index contributed by atoms with van der Waals surface area (Å²) in [6, 6.07) is 13.5. The van der Waals surface area contributed by atoms with Crippen molar-refractivity contribution in [1.29, 1.82) is 0 Å². The van der Waals surface area contributed by atoms with Crippen molar-refractivity contribution in [3.63, 3.8) is 0 Å². The summed E-state index contributed by atoms with van der Waals surface area (Å²) in [4.78, 5) is 35.0. The molecule has 1 amide bonds. The number of rotatable bonds is 6. The number of aromatic nitrogens is 2. The Morgan fingerprint density at radius 1 is 0.925 bits per heavy atom. The molecule has 0 spiro atoms. The first-order valence-electron chi connectivity index (χ1n) is 20.4. The van der Waals surface area contributed by atoms with Crippen molar-refractivity contribution in [1.82, 2.24) is 15.3 Å². The van der Waals surface area contributed by atoms with Crippen LogP contribution in [-0.4, -0.2) is 40.2 Å². The van der Waals surface area contributed by atoms with E-state index in [9.17, 15) is 14.7 Å². The molecule has 3 N–H and O–H groups in total. The lowest BCUT2D eigenvalue weighted by molar-refractivity contribution is -0.246. The Kier molecular flexibility index (Phi) is 8.64. The molecule has 2 aromatic carbocycles. The largest absolute Gasteiger partial charge is 0.465 e. The Morgan fingerprint density at radius 3 is 2.47 bits per heavy atom. The number of fused-ring (bicyclic) bond motifs is 8. The summed E-state index contributed by atoms with van der Waals surface area (Å²) in [7, 11) is 1.38. The fourth-order valence-electron chi connectivity index (χ4n) is 14.1. The number of H-pyrrole nitrogens is 1. The zero-order chi connectivity index (χ0) is 37.7. The number of methoxy groups -OCH3 is 1. The fourth-order valence-corrected chi connectivity index (χ4v) is 14.1. The highest BCUT2D eigenvalue weighted by molar-refractivity contribution is 5.94. The van der Waals surface area contributed by atoms with Crippen molar-refractivity contribution >= 4 is 22.9 Å². The van der Waals surface area contributed by atoms with E-state index in [0.29, 0.717) is 41.7 Å². The number of allylic oxidation sites excluding steroid dienone is 1. The highest BCUT2D eigenvalue weighted by Crippen LogP contribution is 2.77. The van der Waals surface area contributed by atoms with Crippen LogP contribution in [0.4, 0.5) is 0 Å². The van der Waals surface area contributed by atoms with Crippen LogP contribution in [0.25, 0.3) is 22.4 Å². The maximum atomic E-state index is 14.8. The summed E-state index contributed by atoms with van der Waals surface area (Å²) in [6.45, 7) is 19.7. The Labute approximate surface area is 316 Å². The van der Waals surface area contributed by atoms with Gasteiger partial charge in [-0.05, 0) is 152 Å². The first-order chi connectivity index (χ1) is 25.1. The van der Waals surface area contributed by atoms with Crippen LogP contribution in [0.2, 0.25) is 0 Å². The van der Waals surface area contributed by atoms with Crippen molar-refractivity contribution in [3.05, 3.63) is 65.7 Å². The van der Waals surface area contributed by atoms with Gasteiger partial charge in [-0.2, -0.15) is 0 Å². The number of benzene rings is 2. The molecule has 0 bridgehead atoms. The van der Waals surface area contributed by atoms with E-state index in [-0.39, 0.29) is 45.1 Å². The zero-order valence-corrected chi connectivity index (χ0v) is 33.1. The van der Waals surface area contributed by atoms with Gasteiger partial charge in [0.05, 0.1) is 35.2 Å². The molecule has 1 aromatic heterocycles. The van der Waals surface area contributed by atoms with Gasteiger partial charge >= 0.3 is 5.97 Å². The van der Waals surface area contributed by atoms with Gasteiger partial charge in [0.1, 0.15) is 5.82 Å². The van der Waals surface area contributed by atoms with Crippen molar-refractivity contribution in [2.75, 3.05) is 7.11 Å². The number of aromatic amines is 1. The lowest BCUT2D eigenvalue weighted by Gasteiger charge is -2.72. The molecule has 7 nitrogen and oxygen atoms in total. The van der Waals surface area contributed by atoms with E-state index in [4.69, 9.17) is 9.72 Å². The molecular weight excluding hydrogens is 659 g/mol. The first-order valence-corrected chi connectivity index (χ1v) is 20.4. The number of aliphatic hydroxyl groups is 1. The molecule has 7 heteroatoms. The molecule has 0 saturated heterocycles. The number of esters is 1. The van der Waals surface area contributed by atoms with Gasteiger partial charge < -0.3 is 20.1 Å². The molecule has 5 aliphatic carbocycles. The molecular formula is C46H61N3O4. The van der Waals surface area contributed by atoms with Crippen LogP contribution in [0.1, 0.15) is 122 Å². The zero-order valence-electron chi connectivity index (χ0n) is 33.1. The van der Waals surface area contributed by atoms with E-state index in [1.54, 1.807) is 12.1 Å². The second kappa shape index (κ2) is 12.5. The number of aliphatic hydroxyl groups excluding tert-OH is 1. The first kappa shape index (κ1) is 36.5. The number of hydrogen-bond acceptors (Lipinski definition) is 5. The summed E-state index contributed by atoms with van der Waals surface area (Å²) in [5.74, 6) is 2.93. The van der Waals surface area contributed by atoms with E-state index in [2.05, 4.69) is 70.6 Å². The number of amides is 1. The third-order valence-corrected chi connectivity index (χ3v) is 17.1. The minimum Gasteiger partial charge on any atom is -0.465 e. The Bertz CT molecular complexity index is 1960. The van der Waals surface area contributed by atoms with Gasteiger partial charge in [0.15, 0.2) is 0 Å². The number of imidazole rings is 1. The molecule has 284 valence electrons. The van der Waals surface area contributed by atoms with E-state index in [1.807, 2.05) is 18.2 Å². The lowest BCUT2D eigenvalue weighted by atomic mass is 9.32. The van der Waals surface area contributed by atoms with Crippen LogP contribution in [0.3, 0.4) is 0 Å². The molecule has 10 atom stereocenters. The number of nitrogens with one attached hydrogen (secondary N) is 2. The van der Waals surface area contributed by atoms with Crippen molar-refractivity contribution < 1.29 is 19.4 Å². The molecule has 8 rings (SSSR count). The highest BCUT2D eigenvalue weighted by Gasteiger charge is 2.71. The summed E-state index contributed by atoms with van der Waals surface area (Å²) in [6.07, 6.45) is 10.7. The van der Waals surface area contributed by atoms with Gasteiger partial charge in [-0.15, -0.1) is 0 Å². The molecule has 5 fully saturated rings. The van der Waals surface area contributed by atoms with E-state index >= 15 is 0 Å². The molecule has 4 unspecified atom stereocenters. The maximum Gasteiger partial charge on any atom is 0.337 e. The average Bonchev–Trinajstić information content (AvgIpc) is 3.75.